The number of nitrogens with zero attached hydrogens (tertiary/aromatic N) is 1. The van der Waals surface area contributed by atoms with Crippen LogP contribution in [0.15, 0.2) is 54.4 Å². The molecule has 0 radical (unpaired) electrons. The Bertz CT molecular complexity index is 784. The number of carbonyl (C=O) groups excluding carboxylic acids is 2. The number of hydrogen-bond donors (Lipinski definition) is 3. The van der Waals surface area contributed by atoms with E-state index < -0.39 is 0 Å². The Morgan fingerprint density at radius 1 is 1.22 bits per heavy atom. The first-order valence-electron chi connectivity index (χ1n) is 9.33. The summed E-state index contributed by atoms with van der Waals surface area (Å²) in [6, 6.07) is 13.1. The van der Waals surface area contributed by atoms with Crippen LogP contribution in [-0.4, -0.2) is 47.9 Å². The smallest absolute Gasteiger partial charge is 0.267 e. The SMILES string of the molecule is CN1CCCC1CCNC(=O)/C(=C/c1ccc[nH]1)NC(=O)c1ccccc1. The highest BCUT2D eigenvalue weighted by molar-refractivity contribution is 6.05. The summed E-state index contributed by atoms with van der Waals surface area (Å²) in [5.74, 6) is -0.589. The van der Waals surface area contributed by atoms with E-state index in [1.54, 1.807) is 36.5 Å². The maximum Gasteiger partial charge on any atom is 0.267 e. The minimum atomic E-state index is -0.306. The molecule has 0 bridgehead atoms. The van der Waals surface area contributed by atoms with Gasteiger partial charge >= 0.3 is 0 Å². The summed E-state index contributed by atoms with van der Waals surface area (Å²) in [5, 5.41) is 5.68. The van der Waals surface area contributed by atoms with Crippen molar-refractivity contribution in [2.75, 3.05) is 20.1 Å². The summed E-state index contributed by atoms with van der Waals surface area (Å²) in [6.45, 7) is 1.70. The zero-order chi connectivity index (χ0) is 19.1. The first-order chi connectivity index (χ1) is 13.1. The number of benzene rings is 1. The van der Waals surface area contributed by atoms with Crippen molar-refractivity contribution in [1.29, 1.82) is 0 Å². The molecule has 142 valence electrons. The van der Waals surface area contributed by atoms with Crippen LogP contribution >= 0.6 is 0 Å². The van der Waals surface area contributed by atoms with E-state index >= 15 is 0 Å². The third-order valence-electron chi connectivity index (χ3n) is 4.89. The molecule has 0 saturated carbocycles. The van der Waals surface area contributed by atoms with Gasteiger partial charge in [0.1, 0.15) is 5.70 Å². The fourth-order valence-corrected chi connectivity index (χ4v) is 3.32. The molecule has 0 spiro atoms. The van der Waals surface area contributed by atoms with Gasteiger partial charge in [0.25, 0.3) is 11.8 Å². The zero-order valence-corrected chi connectivity index (χ0v) is 15.6. The number of likely N-dealkylation sites (tertiary alicyclic amines) is 1. The topological polar surface area (TPSA) is 77.2 Å². The molecule has 1 fully saturated rings. The lowest BCUT2D eigenvalue weighted by Gasteiger charge is -2.19. The summed E-state index contributed by atoms with van der Waals surface area (Å²) < 4.78 is 0. The molecule has 1 saturated heterocycles. The van der Waals surface area contributed by atoms with E-state index in [4.69, 9.17) is 0 Å². The highest BCUT2D eigenvalue weighted by atomic mass is 16.2. The third-order valence-corrected chi connectivity index (χ3v) is 4.89. The predicted octanol–water partition coefficient (Wildman–Crippen LogP) is 2.39. The standard InChI is InChI=1S/C21H26N4O2/c1-25-14-6-10-18(25)11-13-23-21(27)19(15-17-9-5-12-22-17)24-20(26)16-7-3-2-4-8-16/h2-5,7-9,12,15,18,22H,6,10-11,13-14H2,1H3,(H,23,27)(H,24,26)/b19-15-. The van der Waals surface area contributed by atoms with Crippen LogP contribution in [0.3, 0.4) is 0 Å². The molecule has 2 amide bonds. The zero-order valence-electron chi connectivity index (χ0n) is 15.6. The Labute approximate surface area is 159 Å². The van der Waals surface area contributed by atoms with Crippen LogP contribution in [0.2, 0.25) is 0 Å². The van der Waals surface area contributed by atoms with Crippen molar-refractivity contribution in [2.24, 2.45) is 0 Å². The van der Waals surface area contributed by atoms with Crippen LogP contribution in [0.1, 0.15) is 35.3 Å². The lowest BCUT2D eigenvalue weighted by atomic mass is 10.1. The second kappa shape index (κ2) is 9.19. The molecule has 6 heteroatoms. The van der Waals surface area contributed by atoms with E-state index in [0.29, 0.717) is 18.2 Å². The van der Waals surface area contributed by atoms with Crippen LogP contribution in [0.5, 0.6) is 0 Å². The van der Waals surface area contributed by atoms with Gasteiger partial charge in [-0.15, -0.1) is 0 Å². The molecule has 1 aromatic carbocycles. The van der Waals surface area contributed by atoms with E-state index in [2.05, 4.69) is 27.6 Å². The van der Waals surface area contributed by atoms with Gasteiger partial charge in [-0.05, 0) is 63.2 Å². The van der Waals surface area contributed by atoms with Crippen molar-refractivity contribution in [2.45, 2.75) is 25.3 Å². The van der Waals surface area contributed by atoms with Gasteiger partial charge in [-0.3, -0.25) is 9.59 Å². The van der Waals surface area contributed by atoms with Crippen molar-refractivity contribution in [1.82, 2.24) is 20.5 Å². The highest BCUT2D eigenvalue weighted by Crippen LogP contribution is 2.17. The van der Waals surface area contributed by atoms with Crippen molar-refractivity contribution in [3.8, 4) is 0 Å². The quantitative estimate of drug-likeness (QED) is 0.659. The monoisotopic (exact) mass is 366 g/mol. The molecule has 2 heterocycles. The predicted molar refractivity (Wildman–Crippen MR) is 106 cm³/mol. The van der Waals surface area contributed by atoms with Crippen molar-refractivity contribution in [3.05, 3.63) is 65.6 Å². The molecule has 27 heavy (non-hydrogen) atoms. The third kappa shape index (κ3) is 5.31. The number of amides is 2. The van der Waals surface area contributed by atoms with Gasteiger partial charge in [0, 0.05) is 30.0 Å². The molecule has 2 aromatic rings. The van der Waals surface area contributed by atoms with Gasteiger partial charge in [0.2, 0.25) is 0 Å². The van der Waals surface area contributed by atoms with E-state index in [0.717, 1.165) is 18.7 Å². The molecule has 1 unspecified atom stereocenters. The van der Waals surface area contributed by atoms with Gasteiger partial charge in [0.05, 0.1) is 0 Å². The largest absolute Gasteiger partial charge is 0.362 e. The fraction of sp³-hybridized carbons (Fsp3) is 0.333. The van der Waals surface area contributed by atoms with Gasteiger partial charge in [-0.2, -0.15) is 0 Å². The maximum atomic E-state index is 12.7. The van der Waals surface area contributed by atoms with Crippen LogP contribution in [0.25, 0.3) is 6.08 Å². The number of carbonyl (C=O) groups is 2. The van der Waals surface area contributed by atoms with Crippen LogP contribution in [-0.2, 0) is 4.79 Å². The Hall–Kier alpha value is -2.86. The number of nitrogens with one attached hydrogen (secondary N) is 3. The molecular weight excluding hydrogens is 340 g/mol. The molecule has 1 aromatic heterocycles. The van der Waals surface area contributed by atoms with E-state index in [9.17, 15) is 9.59 Å². The summed E-state index contributed by atoms with van der Waals surface area (Å²) >= 11 is 0. The summed E-state index contributed by atoms with van der Waals surface area (Å²) in [7, 11) is 2.12. The molecule has 1 aliphatic heterocycles. The van der Waals surface area contributed by atoms with Gasteiger partial charge in [-0.25, -0.2) is 0 Å². The first-order valence-corrected chi connectivity index (χ1v) is 9.33. The summed E-state index contributed by atoms with van der Waals surface area (Å²) in [5.41, 5.74) is 1.49. The molecule has 1 atom stereocenters. The van der Waals surface area contributed by atoms with E-state index in [1.807, 2.05) is 18.2 Å². The van der Waals surface area contributed by atoms with E-state index in [1.165, 1.54) is 12.8 Å². The molecule has 1 aliphatic rings. The number of rotatable bonds is 7. The Morgan fingerprint density at radius 2 is 2.04 bits per heavy atom. The first kappa shape index (κ1) is 18.9. The average Bonchev–Trinajstić information content (AvgIpc) is 3.34. The molecular formula is C21H26N4O2. The minimum Gasteiger partial charge on any atom is -0.362 e. The molecule has 3 rings (SSSR count). The van der Waals surface area contributed by atoms with Gasteiger partial charge in [-0.1, -0.05) is 18.2 Å². The molecule has 0 aliphatic carbocycles. The number of aromatic nitrogens is 1. The van der Waals surface area contributed by atoms with Crippen LogP contribution in [0, 0.1) is 0 Å². The molecule has 3 N–H and O–H groups in total. The van der Waals surface area contributed by atoms with Crippen molar-refractivity contribution < 1.29 is 9.59 Å². The Morgan fingerprint density at radius 3 is 2.70 bits per heavy atom. The summed E-state index contributed by atoms with van der Waals surface area (Å²) in [6.07, 6.45) is 6.71. The fourth-order valence-electron chi connectivity index (χ4n) is 3.32. The van der Waals surface area contributed by atoms with Crippen LogP contribution in [0.4, 0.5) is 0 Å². The lowest BCUT2D eigenvalue weighted by Crippen LogP contribution is -2.37. The number of aromatic amines is 1. The van der Waals surface area contributed by atoms with Gasteiger partial charge < -0.3 is 20.5 Å². The average molecular weight is 366 g/mol. The number of hydrogen-bond acceptors (Lipinski definition) is 3. The number of H-pyrrole nitrogens is 1. The van der Waals surface area contributed by atoms with E-state index in [-0.39, 0.29) is 17.5 Å². The highest BCUT2D eigenvalue weighted by Gasteiger charge is 2.21. The maximum absolute atomic E-state index is 12.7. The Kier molecular flexibility index (Phi) is 6.44. The normalized spacial score (nSPS) is 17.7. The lowest BCUT2D eigenvalue weighted by molar-refractivity contribution is -0.117. The van der Waals surface area contributed by atoms with Crippen molar-refractivity contribution in [3.63, 3.8) is 0 Å². The van der Waals surface area contributed by atoms with Crippen LogP contribution < -0.4 is 10.6 Å². The minimum absolute atomic E-state index is 0.228. The van der Waals surface area contributed by atoms with Gasteiger partial charge in [0.15, 0.2) is 0 Å². The summed E-state index contributed by atoms with van der Waals surface area (Å²) in [4.78, 5) is 30.5. The second-order valence-corrected chi connectivity index (χ2v) is 6.82. The molecule has 6 nitrogen and oxygen atoms in total. The second-order valence-electron chi connectivity index (χ2n) is 6.82. The van der Waals surface area contributed by atoms with Crippen molar-refractivity contribution >= 4 is 17.9 Å². The Balaban J connectivity index is 1.64.